The van der Waals surface area contributed by atoms with E-state index < -0.39 is 10.0 Å². The van der Waals surface area contributed by atoms with E-state index in [-0.39, 0.29) is 16.8 Å². The molecule has 0 amide bonds. The van der Waals surface area contributed by atoms with E-state index in [9.17, 15) is 8.42 Å². The van der Waals surface area contributed by atoms with E-state index in [2.05, 4.69) is 14.9 Å². The number of aromatic nitrogens is 2. The Morgan fingerprint density at radius 3 is 2.50 bits per heavy atom. The van der Waals surface area contributed by atoms with Gasteiger partial charge in [0.1, 0.15) is 0 Å². The van der Waals surface area contributed by atoms with E-state index in [0.717, 1.165) is 11.1 Å². The fourth-order valence-electron chi connectivity index (χ4n) is 2.44. The first-order valence-corrected chi connectivity index (χ1v) is 9.91. The third kappa shape index (κ3) is 3.84. The van der Waals surface area contributed by atoms with Gasteiger partial charge in [-0.25, -0.2) is 13.1 Å². The van der Waals surface area contributed by atoms with Crippen molar-refractivity contribution in [3.05, 3.63) is 54.1 Å². The summed E-state index contributed by atoms with van der Waals surface area (Å²) in [5, 5.41) is 3.99. The molecule has 2 aromatic carbocycles. The van der Waals surface area contributed by atoms with Crippen molar-refractivity contribution in [2.24, 2.45) is 0 Å². The quantitative estimate of drug-likeness (QED) is 0.712. The molecule has 0 bridgehead atoms. The third-order valence-corrected chi connectivity index (χ3v) is 5.76. The van der Waals surface area contributed by atoms with Crippen LogP contribution in [0, 0.1) is 6.92 Å². The van der Waals surface area contributed by atoms with Gasteiger partial charge in [0.2, 0.25) is 15.8 Å². The minimum atomic E-state index is -3.69. The molecule has 1 aromatic heterocycles. The molecule has 0 saturated carbocycles. The van der Waals surface area contributed by atoms with E-state index in [1.54, 1.807) is 18.2 Å². The summed E-state index contributed by atoms with van der Waals surface area (Å²) in [4.78, 5) is 4.51. The highest BCUT2D eigenvalue weighted by Gasteiger charge is 2.23. The van der Waals surface area contributed by atoms with Gasteiger partial charge in [-0.15, -0.1) is 0 Å². The van der Waals surface area contributed by atoms with Gasteiger partial charge in [0.05, 0.1) is 10.5 Å². The highest BCUT2D eigenvalue weighted by atomic mass is 32.2. The molecule has 3 rings (SSSR count). The number of hydrogen-bond donors (Lipinski definition) is 1. The Hall–Kier alpha value is -2.51. The van der Waals surface area contributed by atoms with Crippen molar-refractivity contribution in [1.29, 1.82) is 0 Å². The Labute approximate surface area is 153 Å². The van der Waals surface area contributed by atoms with Gasteiger partial charge in [0.25, 0.3) is 5.89 Å². The predicted octanol–water partition coefficient (Wildman–Crippen LogP) is 3.79. The lowest BCUT2D eigenvalue weighted by atomic mass is 10.1. The minimum Gasteiger partial charge on any atom is -0.334 e. The van der Waals surface area contributed by atoms with Crippen LogP contribution in [-0.4, -0.2) is 24.6 Å². The zero-order valence-electron chi connectivity index (χ0n) is 14.9. The van der Waals surface area contributed by atoms with Crippen molar-refractivity contribution in [2.75, 3.05) is 0 Å². The van der Waals surface area contributed by atoms with E-state index in [4.69, 9.17) is 4.52 Å². The van der Waals surface area contributed by atoms with Crippen LogP contribution in [0.2, 0.25) is 0 Å². The summed E-state index contributed by atoms with van der Waals surface area (Å²) >= 11 is 0. The molecule has 0 saturated heterocycles. The molecule has 0 aliphatic heterocycles. The molecule has 0 unspecified atom stereocenters. The van der Waals surface area contributed by atoms with Crippen LogP contribution in [0.25, 0.3) is 22.8 Å². The Balaban J connectivity index is 2.00. The maximum absolute atomic E-state index is 12.7. The molecule has 3 aromatic rings. The zero-order chi connectivity index (χ0) is 18.7. The molecule has 0 radical (unpaired) electrons. The summed E-state index contributed by atoms with van der Waals surface area (Å²) in [5.41, 5.74) is 2.32. The second-order valence-corrected chi connectivity index (χ2v) is 7.90. The standard InChI is InChI=1S/C19H21N3O3S/c1-4-14(3)22-26(23,24)17-8-6-5-7-16(17)19-20-18(21-25-19)15-11-9-13(2)10-12-15/h5-12,14,22H,4H2,1-3H3/t14-/m0/s1. The van der Waals surface area contributed by atoms with Crippen LogP contribution in [0.4, 0.5) is 0 Å². The Bertz CT molecular complexity index is 995. The Morgan fingerprint density at radius 2 is 1.81 bits per heavy atom. The normalized spacial score (nSPS) is 12.9. The molecule has 0 spiro atoms. The number of aryl methyl sites for hydroxylation is 1. The van der Waals surface area contributed by atoms with Crippen LogP contribution in [0.1, 0.15) is 25.8 Å². The molecule has 0 aliphatic rings. The number of rotatable bonds is 6. The molecule has 0 fully saturated rings. The summed E-state index contributed by atoms with van der Waals surface area (Å²) < 4.78 is 33.4. The fraction of sp³-hybridized carbons (Fsp3) is 0.263. The SMILES string of the molecule is CC[C@H](C)NS(=O)(=O)c1ccccc1-c1nc(-c2ccc(C)cc2)no1. The minimum absolute atomic E-state index is 0.124. The number of nitrogens with zero attached hydrogens (tertiary/aromatic N) is 2. The van der Waals surface area contributed by atoms with Crippen LogP contribution in [0.15, 0.2) is 57.9 Å². The van der Waals surface area contributed by atoms with Crippen molar-refractivity contribution >= 4 is 10.0 Å². The second-order valence-electron chi connectivity index (χ2n) is 6.22. The van der Waals surface area contributed by atoms with Gasteiger partial charge < -0.3 is 4.52 Å². The lowest BCUT2D eigenvalue weighted by Crippen LogP contribution is -2.32. The predicted molar refractivity (Wildman–Crippen MR) is 100.0 cm³/mol. The van der Waals surface area contributed by atoms with Gasteiger partial charge in [-0.3, -0.25) is 0 Å². The molecule has 0 aliphatic carbocycles. The molecule has 136 valence electrons. The van der Waals surface area contributed by atoms with Crippen LogP contribution in [0.3, 0.4) is 0 Å². The van der Waals surface area contributed by atoms with Gasteiger partial charge >= 0.3 is 0 Å². The van der Waals surface area contributed by atoms with Crippen LogP contribution >= 0.6 is 0 Å². The molecule has 26 heavy (non-hydrogen) atoms. The van der Waals surface area contributed by atoms with E-state index in [1.807, 2.05) is 45.0 Å². The lowest BCUT2D eigenvalue weighted by Gasteiger charge is -2.13. The maximum Gasteiger partial charge on any atom is 0.259 e. The maximum atomic E-state index is 12.7. The van der Waals surface area contributed by atoms with Crippen LogP contribution in [-0.2, 0) is 10.0 Å². The van der Waals surface area contributed by atoms with Crippen molar-refractivity contribution in [1.82, 2.24) is 14.9 Å². The summed E-state index contributed by atoms with van der Waals surface area (Å²) in [6, 6.07) is 14.2. The lowest BCUT2D eigenvalue weighted by molar-refractivity contribution is 0.431. The van der Waals surface area contributed by atoms with Crippen LogP contribution in [0.5, 0.6) is 0 Å². The molecule has 1 N–H and O–H groups in total. The summed E-state index contributed by atoms with van der Waals surface area (Å²) in [6.07, 6.45) is 0.694. The Morgan fingerprint density at radius 1 is 1.12 bits per heavy atom. The molecule has 1 heterocycles. The number of nitrogens with one attached hydrogen (secondary N) is 1. The van der Waals surface area contributed by atoms with Crippen molar-refractivity contribution in [3.63, 3.8) is 0 Å². The third-order valence-electron chi connectivity index (χ3n) is 4.11. The monoisotopic (exact) mass is 371 g/mol. The van der Waals surface area contributed by atoms with Crippen LogP contribution < -0.4 is 4.72 Å². The average molecular weight is 371 g/mol. The van der Waals surface area contributed by atoms with Crippen molar-refractivity contribution in [3.8, 4) is 22.8 Å². The first-order valence-electron chi connectivity index (χ1n) is 8.43. The summed E-state index contributed by atoms with van der Waals surface area (Å²) in [6.45, 7) is 5.74. The Kier molecular flexibility index (Phi) is 5.20. The summed E-state index contributed by atoms with van der Waals surface area (Å²) in [7, 11) is -3.69. The largest absolute Gasteiger partial charge is 0.334 e. The van der Waals surface area contributed by atoms with E-state index >= 15 is 0 Å². The molecular formula is C19H21N3O3S. The van der Waals surface area contributed by atoms with E-state index in [0.29, 0.717) is 17.8 Å². The molecule has 6 nitrogen and oxygen atoms in total. The number of hydrogen-bond acceptors (Lipinski definition) is 5. The molecule has 1 atom stereocenters. The number of sulfonamides is 1. The topological polar surface area (TPSA) is 85.1 Å². The molecule has 7 heteroatoms. The number of benzene rings is 2. The van der Waals surface area contributed by atoms with Gasteiger partial charge in [-0.2, -0.15) is 4.98 Å². The van der Waals surface area contributed by atoms with Gasteiger partial charge in [-0.1, -0.05) is 54.0 Å². The summed E-state index contributed by atoms with van der Waals surface area (Å²) in [5.74, 6) is 0.591. The highest BCUT2D eigenvalue weighted by molar-refractivity contribution is 7.89. The van der Waals surface area contributed by atoms with Crippen molar-refractivity contribution in [2.45, 2.75) is 38.1 Å². The van der Waals surface area contributed by atoms with Gasteiger partial charge in [0.15, 0.2) is 0 Å². The fourth-order valence-corrected chi connectivity index (χ4v) is 3.97. The van der Waals surface area contributed by atoms with Crippen molar-refractivity contribution < 1.29 is 12.9 Å². The van der Waals surface area contributed by atoms with Gasteiger partial charge in [-0.05, 0) is 32.4 Å². The molecular weight excluding hydrogens is 350 g/mol. The second kappa shape index (κ2) is 7.39. The highest BCUT2D eigenvalue weighted by Crippen LogP contribution is 2.28. The average Bonchev–Trinajstić information content (AvgIpc) is 3.12. The van der Waals surface area contributed by atoms with Gasteiger partial charge in [0, 0.05) is 11.6 Å². The smallest absolute Gasteiger partial charge is 0.259 e. The van der Waals surface area contributed by atoms with E-state index in [1.165, 1.54) is 6.07 Å². The first kappa shape index (κ1) is 18.3. The first-order chi connectivity index (χ1) is 12.4. The zero-order valence-corrected chi connectivity index (χ0v) is 15.7.